The normalized spacial score (nSPS) is 13.8. The molecule has 0 atom stereocenters. The van der Waals surface area contributed by atoms with Gasteiger partial charge in [0.2, 0.25) is 0 Å². The number of rotatable bonds is 10. The van der Waals surface area contributed by atoms with E-state index < -0.39 is 0 Å². The van der Waals surface area contributed by atoms with Gasteiger partial charge in [0.15, 0.2) is 0 Å². The molecular weight excluding hydrogens is 887 g/mol. The Morgan fingerprint density at radius 3 is 1.81 bits per heavy atom. The summed E-state index contributed by atoms with van der Waals surface area (Å²) < 4.78 is 2.33. The minimum Gasteiger partial charge on any atom is -0.507 e. The minimum atomic E-state index is -0.324. The van der Waals surface area contributed by atoms with Crippen molar-refractivity contribution in [3.8, 4) is 67.5 Å². The maximum Gasteiger partial charge on any atom is 0.149 e. The van der Waals surface area contributed by atoms with Crippen LogP contribution in [0.5, 0.6) is 5.75 Å². The Morgan fingerprint density at radius 1 is 0.493 bits per heavy atom. The highest BCUT2D eigenvalue weighted by Crippen LogP contribution is 2.46. The predicted molar refractivity (Wildman–Crippen MR) is 308 cm³/mol. The Labute approximate surface area is 435 Å². The Hall–Kier alpha value is -7.04. The van der Waals surface area contributed by atoms with Crippen LogP contribution in [0.1, 0.15) is 135 Å². The average molecular weight is 960 g/mol. The van der Waals surface area contributed by atoms with E-state index in [1.807, 2.05) is 6.20 Å². The Kier molecular flexibility index (Phi) is 13.0. The number of benzene rings is 7. The van der Waals surface area contributed by atoms with Crippen LogP contribution < -0.4 is 0 Å². The lowest BCUT2D eigenvalue weighted by molar-refractivity contribution is 0.446. The summed E-state index contributed by atoms with van der Waals surface area (Å²) in [5, 5.41) is 12.7. The summed E-state index contributed by atoms with van der Waals surface area (Å²) in [6, 6.07) is 59.9. The summed E-state index contributed by atoms with van der Waals surface area (Å²) in [4.78, 5) is 10.8. The molecule has 2 aromatic heterocycles. The van der Waals surface area contributed by atoms with E-state index in [0.29, 0.717) is 5.92 Å². The summed E-state index contributed by atoms with van der Waals surface area (Å²) in [6.07, 6.45) is 8.25. The number of fused-ring (bicyclic) bond motifs is 1. The summed E-state index contributed by atoms with van der Waals surface area (Å²) in [5.41, 5.74) is 18.6. The quantitative estimate of drug-likeness (QED) is 0.149. The number of para-hydroxylation sites is 1. The lowest BCUT2D eigenvalue weighted by Crippen LogP contribution is -2.18. The molecule has 1 aliphatic rings. The minimum absolute atomic E-state index is 0.161. The van der Waals surface area contributed by atoms with Crippen LogP contribution in [0.3, 0.4) is 0 Å². The van der Waals surface area contributed by atoms with Crippen LogP contribution in [0.2, 0.25) is 0 Å². The first kappa shape index (κ1) is 49.5. The van der Waals surface area contributed by atoms with Gasteiger partial charge in [-0.1, -0.05) is 217 Å². The highest BCUT2D eigenvalue weighted by atomic mass is 16.3. The van der Waals surface area contributed by atoms with E-state index in [0.717, 1.165) is 90.3 Å². The van der Waals surface area contributed by atoms with Gasteiger partial charge in [0.1, 0.15) is 11.6 Å². The van der Waals surface area contributed by atoms with Crippen molar-refractivity contribution in [2.45, 2.75) is 130 Å². The van der Waals surface area contributed by atoms with Crippen LogP contribution >= 0.6 is 0 Å². The second-order valence-electron chi connectivity index (χ2n) is 24.5. The first-order valence-electron chi connectivity index (χ1n) is 26.6. The third kappa shape index (κ3) is 9.94. The van der Waals surface area contributed by atoms with Gasteiger partial charge in [-0.25, -0.2) is 4.98 Å². The molecule has 73 heavy (non-hydrogen) atoms. The maximum absolute atomic E-state index is 12.7. The highest BCUT2D eigenvalue weighted by Gasteiger charge is 2.30. The van der Waals surface area contributed by atoms with E-state index in [1.54, 1.807) is 0 Å². The monoisotopic (exact) mass is 960 g/mol. The fourth-order valence-corrected chi connectivity index (χ4v) is 11.1. The van der Waals surface area contributed by atoms with Gasteiger partial charge < -0.3 is 5.11 Å². The van der Waals surface area contributed by atoms with Gasteiger partial charge in [0.25, 0.3) is 0 Å². The molecule has 370 valence electrons. The summed E-state index contributed by atoms with van der Waals surface area (Å²) in [7, 11) is 0. The number of phenolic OH excluding ortho intramolecular Hbond substituents is 1. The summed E-state index contributed by atoms with van der Waals surface area (Å²) in [6.45, 7) is 24.8. The molecule has 2 heterocycles. The number of aromatic hydroxyl groups is 1. The summed E-state index contributed by atoms with van der Waals surface area (Å²) >= 11 is 0. The van der Waals surface area contributed by atoms with Gasteiger partial charge >= 0.3 is 0 Å². The molecule has 0 bridgehead atoms. The van der Waals surface area contributed by atoms with Crippen LogP contribution in [-0.2, 0) is 28.1 Å². The van der Waals surface area contributed by atoms with E-state index in [9.17, 15) is 5.11 Å². The van der Waals surface area contributed by atoms with Crippen molar-refractivity contribution in [2.24, 2.45) is 5.92 Å². The molecule has 1 fully saturated rings. The van der Waals surface area contributed by atoms with Crippen molar-refractivity contribution >= 4 is 11.0 Å². The van der Waals surface area contributed by atoms with Crippen LogP contribution in [0.25, 0.3) is 72.7 Å². The zero-order valence-corrected chi connectivity index (χ0v) is 45.1. The molecule has 7 aromatic carbocycles. The Bertz CT molecular complexity index is 3460. The molecular formula is C69H73N3O. The zero-order chi connectivity index (χ0) is 51.5. The molecule has 4 nitrogen and oxygen atoms in total. The van der Waals surface area contributed by atoms with Gasteiger partial charge in [-0.05, 0) is 127 Å². The lowest BCUT2D eigenvalue weighted by Gasteiger charge is -2.27. The number of hydrogen-bond acceptors (Lipinski definition) is 3. The average Bonchev–Trinajstić information content (AvgIpc) is 4.04. The molecule has 0 amide bonds. The number of pyridine rings is 1. The standard InChI is InChI=1S/C69H73N3O/c1-66(2,3)54-40-50(38-51(41-54)60-42-49(34-35-70-60)48-26-20-29-53(39-48)69(10,11)52-27-16-13-17-28-52)56-30-21-31-62-63(56)71-65(58-43-55(67(4,5)6)44-59(64(58)73)68(7,8)9)72(62)61-33-32-46(36-45-22-18-19-23-45)37-57(61)47-24-14-12-15-25-47/h12-17,20-21,24-35,37-45,73H,18-19,22-23,36H2,1-11H3. The van der Waals surface area contributed by atoms with Crippen LogP contribution in [0.15, 0.2) is 170 Å². The molecule has 1 aliphatic carbocycles. The number of imidazole rings is 1. The van der Waals surface area contributed by atoms with Gasteiger partial charge in [-0.15, -0.1) is 0 Å². The molecule has 10 rings (SSSR count). The Balaban J connectivity index is 1.19. The van der Waals surface area contributed by atoms with E-state index >= 15 is 0 Å². The molecule has 4 heteroatoms. The third-order valence-electron chi connectivity index (χ3n) is 15.7. The number of aromatic nitrogens is 3. The molecule has 0 radical (unpaired) electrons. The fraction of sp³-hybridized carbons (Fsp3) is 0.304. The van der Waals surface area contributed by atoms with E-state index in [-0.39, 0.29) is 27.4 Å². The third-order valence-corrected chi connectivity index (χ3v) is 15.7. The van der Waals surface area contributed by atoms with Crippen molar-refractivity contribution in [2.75, 3.05) is 0 Å². The number of nitrogens with zero attached hydrogens (tertiary/aromatic N) is 3. The highest BCUT2D eigenvalue weighted by molar-refractivity contribution is 5.98. The van der Waals surface area contributed by atoms with E-state index in [2.05, 4.69) is 245 Å². The van der Waals surface area contributed by atoms with E-state index in [1.165, 1.54) is 47.9 Å². The summed E-state index contributed by atoms with van der Waals surface area (Å²) in [5.74, 6) is 1.70. The van der Waals surface area contributed by atoms with Crippen molar-refractivity contribution in [3.63, 3.8) is 0 Å². The van der Waals surface area contributed by atoms with Gasteiger partial charge in [-0.3, -0.25) is 9.55 Å². The molecule has 1 N–H and O–H groups in total. The topological polar surface area (TPSA) is 50.9 Å². The maximum atomic E-state index is 12.7. The molecule has 9 aromatic rings. The van der Waals surface area contributed by atoms with Crippen LogP contribution in [0, 0.1) is 5.92 Å². The van der Waals surface area contributed by atoms with E-state index in [4.69, 9.17) is 9.97 Å². The van der Waals surface area contributed by atoms with Gasteiger partial charge in [0.05, 0.1) is 28.0 Å². The van der Waals surface area contributed by atoms with Crippen molar-refractivity contribution in [3.05, 3.63) is 203 Å². The Morgan fingerprint density at radius 2 is 1.11 bits per heavy atom. The van der Waals surface area contributed by atoms with Gasteiger partial charge in [0, 0.05) is 33.9 Å². The first-order chi connectivity index (χ1) is 34.7. The predicted octanol–water partition coefficient (Wildman–Crippen LogP) is 18.4. The first-order valence-corrected chi connectivity index (χ1v) is 26.6. The smallest absolute Gasteiger partial charge is 0.149 e. The number of hydrogen-bond donors (Lipinski definition) is 1. The second-order valence-corrected chi connectivity index (χ2v) is 24.5. The zero-order valence-electron chi connectivity index (χ0n) is 45.1. The lowest BCUT2D eigenvalue weighted by atomic mass is 9.77. The van der Waals surface area contributed by atoms with Crippen LogP contribution in [-0.4, -0.2) is 19.6 Å². The fourth-order valence-electron chi connectivity index (χ4n) is 11.1. The van der Waals surface area contributed by atoms with Gasteiger partial charge in [-0.2, -0.15) is 0 Å². The second kappa shape index (κ2) is 19.1. The molecule has 1 saturated carbocycles. The SMILES string of the molecule is CC(C)(C)c1cc(-c2cc(-c3cccc(C(C)(C)c4ccccc4)c3)ccn2)cc(-c2cccc3c2nc(-c2cc(C(C)(C)C)cc(C(C)(C)C)c2O)n3-c2ccc(CC3CCCC3)cc2-c2ccccc2)c1. The molecule has 0 spiro atoms. The number of phenols is 1. The van der Waals surface area contributed by atoms with Crippen molar-refractivity contribution in [1.82, 2.24) is 14.5 Å². The van der Waals surface area contributed by atoms with Crippen LogP contribution in [0.4, 0.5) is 0 Å². The van der Waals surface area contributed by atoms with Crippen molar-refractivity contribution < 1.29 is 5.11 Å². The largest absolute Gasteiger partial charge is 0.507 e. The molecule has 0 saturated heterocycles. The van der Waals surface area contributed by atoms with Crippen molar-refractivity contribution in [1.29, 1.82) is 0 Å². The molecule has 0 unspecified atom stereocenters. The molecule has 0 aliphatic heterocycles.